The first-order valence-electron chi connectivity index (χ1n) is 13.2. The number of carbonyl (C=O) groups is 2. The van der Waals surface area contributed by atoms with E-state index in [1.54, 1.807) is 6.20 Å². The Labute approximate surface area is 223 Å². The van der Waals surface area contributed by atoms with Gasteiger partial charge in [-0.25, -0.2) is 9.78 Å². The van der Waals surface area contributed by atoms with Crippen molar-refractivity contribution in [1.29, 1.82) is 0 Å². The topological polar surface area (TPSA) is 115 Å². The number of nitrogens with one attached hydrogen (secondary N) is 2. The van der Waals surface area contributed by atoms with Gasteiger partial charge in [-0.3, -0.25) is 4.79 Å². The lowest BCUT2D eigenvalue weighted by Crippen LogP contribution is -2.53. The minimum atomic E-state index is -0.657. The minimum absolute atomic E-state index is 0.00199. The summed E-state index contributed by atoms with van der Waals surface area (Å²) >= 11 is 0. The number of aromatic nitrogens is 2. The fraction of sp³-hybridized carbons (Fsp3) is 0.519. The standard InChI is InChI=1S/C27H35BN4O6/c1-17-27(2,3)38-28(37-17)20-9-7-18(8-10-20)21-16-29-24(30-21)22-6-5-13-32(22)25(33)23(31-26(34)35-4)19-11-14-36-15-12-19/h7-10,16,19,22-23H,1,5-6,11-15H2,2-4H3,(H,29,30)(H,31,34). The number of hydrogen-bond donors (Lipinski definition) is 2. The summed E-state index contributed by atoms with van der Waals surface area (Å²) in [6, 6.07) is 7.08. The van der Waals surface area contributed by atoms with E-state index in [1.165, 1.54) is 7.11 Å². The minimum Gasteiger partial charge on any atom is -0.534 e. The van der Waals surface area contributed by atoms with Crippen LogP contribution in [0.5, 0.6) is 0 Å². The predicted octanol–water partition coefficient (Wildman–Crippen LogP) is 2.93. The van der Waals surface area contributed by atoms with Crippen molar-refractivity contribution in [3.05, 3.63) is 48.6 Å². The van der Waals surface area contributed by atoms with E-state index in [-0.39, 0.29) is 17.9 Å². The van der Waals surface area contributed by atoms with Crippen LogP contribution in [0.2, 0.25) is 0 Å². The van der Waals surface area contributed by atoms with E-state index < -0.39 is 24.9 Å². The molecule has 1 aromatic heterocycles. The molecule has 0 spiro atoms. The number of alkyl carbamates (subject to hydrolysis) is 1. The molecule has 2 unspecified atom stereocenters. The number of rotatable bonds is 6. The number of H-pyrrole nitrogens is 1. The first-order chi connectivity index (χ1) is 18.3. The third kappa shape index (κ3) is 5.30. The fourth-order valence-electron chi connectivity index (χ4n) is 5.35. The van der Waals surface area contributed by atoms with E-state index in [0.717, 1.165) is 35.4 Å². The van der Waals surface area contributed by atoms with Crippen LogP contribution in [-0.4, -0.2) is 72.5 Å². The molecule has 2 aromatic rings. The average molecular weight is 522 g/mol. The second kappa shape index (κ2) is 10.8. The summed E-state index contributed by atoms with van der Waals surface area (Å²) in [5, 5.41) is 2.79. The second-order valence-corrected chi connectivity index (χ2v) is 10.6. The van der Waals surface area contributed by atoms with Crippen molar-refractivity contribution in [2.75, 3.05) is 26.9 Å². The van der Waals surface area contributed by atoms with Crippen LogP contribution in [0.3, 0.4) is 0 Å². The predicted molar refractivity (Wildman–Crippen MR) is 141 cm³/mol. The Morgan fingerprint density at radius 1 is 1.24 bits per heavy atom. The third-order valence-corrected chi connectivity index (χ3v) is 7.73. The van der Waals surface area contributed by atoms with Crippen LogP contribution in [0.15, 0.2) is 42.8 Å². The van der Waals surface area contributed by atoms with Crippen LogP contribution in [-0.2, 0) is 23.6 Å². The number of hydrogen-bond acceptors (Lipinski definition) is 7. The number of imidazole rings is 1. The molecule has 38 heavy (non-hydrogen) atoms. The van der Waals surface area contributed by atoms with E-state index in [9.17, 15) is 9.59 Å². The van der Waals surface area contributed by atoms with Crippen molar-refractivity contribution in [1.82, 2.24) is 20.2 Å². The van der Waals surface area contributed by atoms with Crippen molar-refractivity contribution in [2.24, 2.45) is 5.92 Å². The quantitative estimate of drug-likeness (QED) is 0.561. The first kappa shape index (κ1) is 26.3. The van der Waals surface area contributed by atoms with Gasteiger partial charge in [-0.05, 0) is 56.5 Å². The van der Waals surface area contributed by atoms with Gasteiger partial charge in [0.15, 0.2) is 0 Å². The highest BCUT2D eigenvalue weighted by Crippen LogP contribution is 2.34. The molecule has 0 bridgehead atoms. The van der Waals surface area contributed by atoms with Gasteiger partial charge in [0.25, 0.3) is 0 Å². The van der Waals surface area contributed by atoms with Gasteiger partial charge >= 0.3 is 13.2 Å². The normalized spacial score (nSPS) is 22.3. The van der Waals surface area contributed by atoms with E-state index in [2.05, 4.69) is 21.9 Å². The lowest BCUT2D eigenvalue weighted by Gasteiger charge is -2.34. The van der Waals surface area contributed by atoms with Gasteiger partial charge in [-0.1, -0.05) is 30.8 Å². The average Bonchev–Trinajstić information content (AvgIpc) is 3.66. The number of likely N-dealkylation sites (tertiary alicyclic amines) is 1. The van der Waals surface area contributed by atoms with Gasteiger partial charge < -0.3 is 34.0 Å². The molecule has 0 saturated carbocycles. The van der Waals surface area contributed by atoms with E-state index in [0.29, 0.717) is 38.4 Å². The fourth-order valence-corrected chi connectivity index (χ4v) is 5.35. The molecule has 4 heterocycles. The molecule has 2 N–H and O–H groups in total. The van der Waals surface area contributed by atoms with Crippen LogP contribution < -0.4 is 10.8 Å². The smallest absolute Gasteiger partial charge is 0.534 e. The van der Waals surface area contributed by atoms with Crippen LogP contribution in [0.4, 0.5) is 4.79 Å². The molecule has 2 amide bonds. The van der Waals surface area contributed by atoms with E-state index in [4.69, 9.17) is 18.8 Å². The molecular formula is C27H35BN4O6. The molecule has 202 valence electrons. The molecule has 2 atom stereocenters. The van der Waals surface area contributed by atoms with Gasteiger partial charge in [-0.2, -0.15) is 0 Å². The second-order valence-electron chi connectivity index (χ2n) is 10.6. The summed E-state index contributed by atoms with van der Waals surface area (Å²) in [5.74, 6) is 1.24. The number of ether oxygens (including phenoxy) is 2. The molecule has 0 aliphatic carbocycles. The Morgan fingerprint density at radius 2 is 1.97 bits per heavy atom. The zero-order valence-corrected chi connectivity index (χ0v) is 22.2. The molecule has 3 aliphatic rings. The summed E-state index contributed by atoms with van der Waals surface area (Å²) in [6.07, 6.45) is 4.28. The number of methoxy groups -OCH3 is 1. The van der Waals surface area contributed by atoms with Crippen LogP contribution >= 0.6 is 0 Å². The number of benzene rings is 1. The molecule has 5 rings (SSSR count). The van der Waals surface area contributed by atoms with Crippen molar-refractivity contribution in [3.63, 3.8) is 0 Å². The molecule has 3 aliphatic heterocycles. The number of carbonyl (C=O) groups excluding carboxylic acids is 2. The molecule has 0 radical (unpaired) electrons. The summed E-state index contributed by atoms with van der Waals surface area (Å²) in [5.41, 5.74) is 2.21. The highest BCUT2D eigenvalue weighted by atomic mass is 16.7. The number of aromatic amines is 1. The van der Waals surface area contributed by atoms with Gasteiger partial charge in [0.1, 0.15) is 17.5 Å². The lowest BCUT2D eigenvalue weighted by molar-refractivity contribution is -0.136. The summed E-state index contributed by atoms with van der Waals surface area (Å²) < 4.78 is 22.0. The van der Waals surface area contributed by atoms with E-state index in [1.807, 2.05) is 43.0 Å². The van der Waals surface area contributed by atoms with Gasteiger partial charge in [-0.15, -0.1) is 0 Å². The number of nitrogens with zero attached hydrogens (tertiary/aromatic N) is 2. The van der Waals surface area contributed by atoms with Crippen molar-refractivity contribution in [2.45, 2.75) is 57.2 Å². The molecule has 10 nitrogen and oxygen atoms in total. The van der Waals surface area contributed by atoms with Crippen LogP contribution in [0, 0.1) is 5.92 Å². The maximum Gasteiger partial charge on any atom is 0.563 e. The summed E-state index contributed by atoms with van der Waals surface area (Å²) in [7, 11) is 0.825. The monoisotopic (exact) mass is 522 g/mol. The lowest BCUT2D eigenvalue weighted by atomic mass is 9.79. The SMILES string of the molecule is C=C1OB(c2ccc(-c3cnc(C4CCCN4C(=O)C(NC(=O)OC)C4CCOCC4)[nH]3)cc2)OC1(C)C. The Balaban J connectivity index is 1.30. The van der Waals surface area contributed by atoms with Crippen molar-refractivity contribution in [3.8, 4) is 11.3 Å². The third-order valence-electron chi connectivity index (χ3n) is 7.73. The Bertz CT molecular complexity index is 1180. The van der Waals surface area contributed by atoms with Crippen molar-refractivity contribution < 1.29 is 28.4 Å². The van der Waals surface area contributed by atoms with Crippen molar-refractivity contribution >= 4 is 24.6 Å². The van der Waals surface area contributed by atoms with Gasteiger partial charge in [0, 0.05) is 19.8 Å². The van der Waals surface area contributed by atoms with Gasteiger partial charge in [0.05, 0.1) is 30.8 Å². The maximum atomic E-state index is 13.7. The van der Waals surface area contributed by atoms with E-state index >= 15 is 0 Å². The van der Waals surface area contributed by atoms with Gasteiger partial charge in [0.2, 0.25) is 5.91 Å². The maximum absolute atomic E-state index is 13.7. The Morgan fingerprint density at radius 3 is 2.63 bits per heavy atom. The summed E-state index contributed by atoms with van der Waals surface area (Å²) in [6.45, 7) is 9.57. The molecule has 1 aromatic carbocycles. The largest absolute Gasteiger partial charge is 0.563 e. The zero-order valence-electron chi connectivity index (χ0n) is 22.2. The molecule has 11 heteroatoms. The Kier molecular flexibility index (Phi) is 7.49. The first-order valence-corrected chi connectivity index (χ1v) is 13.2. The molecule has 3 fully saturated rings. The summed E-state index contributed by atoms with van der Waals surface area (Å²) in [4.78, 5) is 35.7. The molecular weight excluding hydrogens is 487 g/mol. The zero-order chi connectivity index (χ0) is 26.9. The van der Waals surface area contributed by atoms with Crippen LogP contribution in [0.1, 0.15) is 51.4 Å². The highest BCUT2D eigenvalue weighted by Gasteiger charge is 2.43. The highest BCUT2D eigenvalue weighted by molar-refractivity contribution is 6.62. The number of amides is 2. The van der Waals surface area contributed by atoms with Crippen LogP contribution in [0.25, 0.3) is 11.3 Å². The molecule has 3 saturated heterocycles. The Hall–Kier alpha value is -3.31.